The van der Waals surface area contributed by atoms with Crippen LogP contribution in [0.2, 0.25) is 0 Å². The molecule has 1 rings (SSSR count). The van der Waals surface area contributed by atoms with E-state index in [9.17, 15) is 9.18 Å². The van der Waals surface area contributed by atoms with Gasteiger partial charge < -0.3 is 9.47 Å². The maximum absolute atomic E-state index is 12.3. The van der Waals surface area contributed by atoms with Crippen LogP contribution in [0, 0.1) is 0 Å². The zero-order valence-corrected chi connectivity index (χ0v) is 8.98. The van der Waals surface area contributed by atoms with Crippen LogP contribution in [0.4, 0.5) is 4.39 Å². The summed E-state index contributed by atoms with van der Waals surface area (Å²) < 4.78 is 22.0. The summed E-state index contributed by atoms with van der Waals surface area (Å²) in [5.74, 6) is -1.20. The molecule has 0 bridgehead atoms. The van der Waals surface area contributed by atoms with Crippen molar-refractivity contribution in [1.82, 2.24) is 0 Å². The molecule has 0 spiro atoms. The number of carbonyl (C=O) groups is 1. The predicted octanol–water partition coefficient (Wildman–Crippen LogP) is 2.58. The van der Waals surface area contributed by atoms with E-state index < -0.39 is 11.7 Å². The van der Waals surface area contributed by atoms with Crippen molar-refractivity contribution >= 4 is 5.97 Å². The van der Waals surface area contributed by atoms with Gasteiger partial charge in [0.05, 0.1) is 6.61 Å². The van der Waals surface area contributed by atoms with Gasteiger partial charge in [0.15, 0.2) is 0 Å². The van der Waals surface area contributed by atoms with Gasteiger partial charge in [-0.3, -0.25) is 0 Å². The van der Waals surface area contributed by atoms with Crippen LogP contribution in [0.15, 0.2) is 42.4 Å². The number of benzene rings is 1. The Labute approximate surface area is 93.5 Å². The number of hydrogen-bond acceptors (Lipinski definition) is 3. The van der Waals surface area contributed by atoms with Crippen molar-refractivity contribution < 1.29 is 18.7 Å². The van der Waals surface area contributed by atoms with Gasteiger partial charge in [-0.2, -0.15) is 0 Å². The molecule has 0 amide bonds. The molecule has 16 heavy (non-hydrogen) atoms. The van der Waals surface area contributed by atoms with Crippen LogP contribution >= 0.6 is 0 Å². The molecule has 0 aromatic heterocycles. The Morgan fingerprint density at radius 2 is 2.00 bits per heavy atom. The third kappa shape index (κ3) is 3.73. The first-order chi connectivity index (χ1) is 7.77. The standard InChI is InChI=1S/C12H13FO3/c1-2-15-12(14)11(8-13)16-9-10-6-4-3-5-7-10/h3-8H,2,9H2,1H3/b11-8+. The molecule has 1 aromatic carbocycles. The molecule has 3 nitrogen and oxygen atoms in total. The molecule has 0 radical (unpaired) electrons. The van der Waals surface area contributed by atoms with Gasteiger partial charge in [-0.15, -0.1) is 0 Å². The smallest absolute Gasteiger partial charge is 0.376 e. The van der Waals surface area contributed by atoms with Crippen molar-refractivity contribution in [2.45, 2.75) is 13.5 Å². The molecular weight excluding hydrogens is 211 g/mol. The fourth-order valence-corrected chi connectivity index (χ4v) is 1.07. The number of halogens is 1. The second-order valence-corrected chi connectivity index (χ2v) is 2.97. The minimum absolute atomic E-state index is 0.112. The Hall–Kier alpha value is -1.84. The number of ether oxygens (including phenoxy) is 2. The van der Waals surface area contributed by atoms with Crippen LogP contribution in [0.3, 0.4) is 0 Å². The predicted molar refractivity (Wildman–Crippen MR) is 57.1 cm³/mol. The summed E-state index contributed by atoms with van der Waals surface area (Å²) in [5.41, 5.74) is 0.853. The fourth-order valence-electron chi connectivity index (χ4n) is 1.07. The molecule has 0 aliphatic heterocycles. The van der Waals surface area contributed by atoms with E-state index in [-0.39, 0.29) is 19.5 Å². The van der Waals surface area contributed by atoms with Crippen LogP contribution < -0.4 is 0 Å². The molecule has 0 fully saturated rings. The minimum Gasteiger partial charge on any atom is -0.480 e. The quantitative estimate of drug-likeness (QED) is 0.438. The third-order valence-electron chi connectivity index (χ3n) is 1.81. The average molecular weight is 224 g/mol. The summed E-state index contributed by atoms with van der Waals surface area (Å²) >= 11 is 0. The molecular formula is C12H13FO3. The van der Waals surface area contributed by atoms with Crippen molar-refractivity contribution in [3.05, 3.63) is 48.0 Å². The molecule has 1 aromatic rings. The lowest BCUT2D eigenvalue weighted by Gasteiger charge is -2.07. The fraction of sp³-hybridized carbons (Fsp3) is 0.250. The number of hydrogen-bond donors (Lipinski definition) is 0. The minimum atomic E-state index is -0.791. The van der Waals surface area contributed by atoms with E-state index in [0.29, 0.717) is 0 Å². The highest BCUT2D eigenvalue weighted by Gasteiger charge is 2.12. The lowest BCUT2D eigenvalue weighted by Crippen LogP contribution is -2.10. The second kappa shape index (κ2) is 6.61. The van der Waals surface area contributed by atoms with E-state index in [0.717, 1.165) is 5.56 Å². The van der Waals surface area contributed by atoms with Gasteiger partial charge in [0, 0.05) is 0 Å². The SMILES string of the molecule is CCOC(=O)/C(=C\F)OCc1ccccc1. The van der Waals surface area contributed by atoms with Gasteiger partial charge in [0.2, 0.25) is 5.76 Å². The first-order valence-corrected chi connectivity index (χ1v) is 4.92. The van der Waals surface area contributed by atoms with E-state index in [4.69, 9.17) is 4.74 Å². The molecule has 0 unspecified atom stereocenters. The number of rotatable bonds is 5. The van der Waals surface area contributed by atoms with Crippen LogP contribution in [-0.2, 0) is 20.9 Å². The summed E-state index contributed by atoms with van der Waals surface area (Å²) in [4.78, 5) is 11.1. The molecule has 0 saturated heterocycles. The van der Waals surface area contributed by atoms with Crippen LogP contribution in [0.25, 0.3) is 0 Å². The summed E-state index contributed by atoms with van der Waals surface area (Å²) in [6.07, 6.45) is 0.112. The average Bonchev–Trinajstić information content (AvgIpc) is 2.31. The molecule has 0 aliphatic rings. The normalized spacial score (nSPS) is 11.0. The van der Waals surface area contributed by atoms with Crippen molar-refractivity contribution in [2.24, 2.45) is 0 Å². The zero-order chi connectivity index (χ0) is 11.8. The van der Waals surface area contributed by atoms with Crippen molar-refractivity contribution in [3.8, 4) is 0 Å². The maximum Gasteiger partial charge on any atom is 0.376 e. The highest BCUT2D eigenvalue weighted by Crippen LogP contribution is 2.07. The van der Waals surface area contributed by atoms with Crippen LogP contribution in [-0.4, -0.2) is 12.6 Å². The maximum atomic E-state index is 12.3. The van der Waals surface area contributed by atoms with Crippen molar-refractivity contribution in [3.63, 3.8) is 0 Å². The van der Waals surface area contributed by atoms with Crippen molar-refractivity contribution in [2.75, 3.05) is 6.61 Å². The lowest BCUT2D eigenvalue weighted by atomic mass is 10.2. The van der Waals surface area contributed by atoms with Crippen LogP contribution in [0.1, 0.15) is 12.5 Å². The summed E-state index contributed by atoms with van der Waals surface area (Å²) in [6, 6.07) is 9.17. The van der Waals surface area contributed by atoms with E-state index in [1.807, 2.05) is 30.3 Å². The Bertz CT molecular complexity index is 360. The second-order valence-electron chi connectivity index (χ2n) is 2.97. The van der Waals surface area contributed by atoms with Gasteiger partial charge in [-0.05, 0) is 12.5 Å². The number of esters is 1. The number of carbonyl (C=O) groups excluding carboxylic acids is 1. The monoisotopic (exact) mass is 224 g/mol. The third-order valence-corrected chi connectivity index (χ3v) is 1.81. The first-order valence-electron chi connectivity index (χ1n) is 4.92. The Balaban J connectivity index is 2.50. The van der Waals surface area contributed by atoms with Gasteiger partial charge in [-0.1, -0.05) is 30.3 Å². The summed E-state index contributed by atoms with van der Waals surface area (Å²) in [6.45, 7) is 1.96. The van der Waals surface area contributed by atoms with E-state index >= 15 is 0 Å². The summed E-state index contributed by atoms with van der Waals surface area (Å²) in [5, 5.41) is 0. The Morgan fingerprint density at radius 1 is 1.31 bits per heavy atom. The van der Waals surface area contributed by atoms with Gasteiger partial charge in [0.25, 0.3) is 0 Å². The van der Waals surface area contributed by atoms with Crippen molar-refractivity contribution in [1.29, 1.82) is 0 Å². The molecule has 4 heteroatoms. The topological polar surface area (TPSA) is 35.5 Å². The Kier molecular flexibility index (Phi) is 5.05. The van der Waals surface area contributed by atoms with E-state index in [2.05, 4.69) is 4.74 Å². The molecule has 0 aliphatic carbocycles. The first kappa shape index (κ1) is 12.2. The molecule has 0 heterocycles. The van der Waals surface area contributed by atoms with Gasteiger partial charge in [-0.25, -0.2) is 9.18 Å². The highest BCUT2D eigenvalue weighted by atomic mass is 19.1. The molecule has 0 atom stereocenters. The molecule has 86 valence electrons. The van der Waals surface area contributed by atoms with Gasteiger partial charge >= 0.3 is 5.97 Å². The summed E-state index contributed by atoms with van der Waals surface area (Å²) in [7, 11) is 0. The van der Waals surface area contributed by atoms with Crippen LogP contribution in [0.5, 0.6) is 0 Å². The van der Waals surface area contributed by atoms with E-state index in [1.165, 1.54) is 0 Å². The molecule has 0 saturated carbocycles. The highest BCUT2D eigenvalue weighted by molar-refractivity contribution is 5.85. The Morgan fingerprint density at radius 3 is 2.56 bits per heavy atom. The largest absolute Gasteiger partial charge is 0.480 e. The molecule has 0 N–H and O–H groups in total. The zero-order valence-electron chi connectivity index (χ0n) is 8.98. The van der Waals surface area contributed by atoms with E-state index in [1.54, 1.807) is 6.92 Å². The lowest BCUT2D eigenvalue weighted by molar-refractivity contribution is -0.143. The van der Waals surface area contributed by atoms with Gasteiger partial charge in [0.1, 0.15) is 12.9 Å².